The van der Waals surface area contributed by atoms with Crippen molar-refractivity contribution in [2.24, 2.45) is 0 Å². The van der Waals surface area contributed by atoms with Crippen LogP contribution in [0.25, 0.3) is 0 Å². The normalized spacial score (nSPS) is 11.4. The quantitative estimate of drug-likeness (QED) is 0.553. The van der Waals surface area contributed by atoms with Gasteiger partial charge in [0.15, 0.2) is 0 Å². The van der Waals surface area contributed by atoms with E-state index in [-0.39, 0.29) is 18.8 Å². The molecule has 0 amide bonds. The van der Waals surface area contributed by atoms with Crippen molar-refractivity contribution in [1.29, 1.82) is 0 Å². The van der Waals surface area contributed by atoms with Gasteiger partial charge in [0.2, 0.25) is 9.84 Å². The van der Waals surface area contributed by atoms with Crippen molar-refractivity contribution in [3.05, 3.63) is 59.7 Å². The van der Waals surface area contributed by atoms with Gasteiger partial charge < -0.3 is 9.47 Å². The molecule has 25 heavy (non-hydrogen) atoms. The Hall–Kier alpha value is -2.48. The molecule has 0 heterocycles. The molecule has 0 aliphatic rings. The van der Waals surface area contributed by atoms with Gasteiger partial charge in [-0.2, -0.15) is 8.78 Å². The van der Waals surface area contributed by atoms with E-state index in [1.165, 1.54) is 0 Å². The van der Waals surface area contributed by atoms with E-state index in [9.17, 15) is 22.0 Å². The average molecular weight is 370 g/mol. The third-order valence-electron chi connectivity index (χ3n) is 3.26. The van der Waals surface area contributed by atoms with Crippen molar-refractivity contribution in [3.8, 4) is 5.75 Å². The number of carbonyl (C=O) groups is 1. The number of carbonyl (C=O) groups excluding carboxylic acids is 1. The molecule has 2 aromatic carbocycles. The third-order valence-corrected chi connectivity index (χ3v) is 4.66. The Morgan fingerprint density at radius 2 is 1.60 bits per heavy atom. The topological polar surface area (TPSA) is 69.7 Å². The molecular formula is C17H16F2O5S. The molecule has 0 aromatic heterocycles. The Morgan fingerprint density at radius 3 is 2.16 bits per heavy atom. The summed E-state index contributed by atoms with van der Waals surface area (Å²) in [6.45, 7) is 2.08. The predicted octanol–water partition coefficient (Wildman–Crippen LogP) is 3.23. The highest BCUT2D eigenvalue weighted by atomic mass is 32.2. The molecule has 0 radical (unpaired) electrons. The largest absolute Gasteiger partial charge is 0.490 e. The molecule has 134 valence electrons. The molecule has 8 heteroatoms. The maximum atomic E-state index is 12.4. The van der Waals surface area contributed by atoms with Crippen LogP contribution in [-0.2, 0) is 14.6 Å². The summed E-state index contributed by atoms with van der Waals surface area (Å²) in [5.74, 6) is -3.57. The summed E-state index contributed by atoms with van der Waals surface area (Å²) < 4.78 is 57.8. The van der Waals surface area contributed by atoms with Crippen LogP contribution in [0.2, 0.25) is 0 Å². The Morgan fingerprint density at radius 1 is 1.00 bits per heavy atom. The lowest BCUT2D eigenvalue weighted by atomic mass is 10.2. The minimum absolute atomic E-state index is 0.0101. The van der Waals surface area contributed by atoms with Crippen LogP contribution >= 0.6 is 0 Å². The van der Waals surface area contributed by atoms with Crippen LogP contribution < -0.4 is 4.74 Å². The number of esters is 1. The molecule has 0 unspecified atom stereocenters. The number of sulfone groups is 1. The molecule has 0 N–H and O–H groups in total. The lowest BCUT2D eigenvalue weighted by molar-refractivity contribution is 0.0450. The van der Waals surface area contributed by atoms with Crippen LogP contribution in [0.5, 0.6) is 5.75 Å². The van der Waals surface area contributed by atoms with Gasteiger partial charge in [0.05, 0.1) is 10.5 Å². The number of hydrogen-bond acceptors (Lipinski definition) is 5. The molecule has 0 aliphatic carbocycles. The molecule has 0 spiro atoms. The van der Waals surface area contributed by atoms with Gasteiger partial charge in [0.25, 0.3) is 0 Å². The van der Waals surface area contributed by atoms with Crippen LogP contribution in [0.4, 0.5) is 8.78 Å². The highest BCUT2D eigenvalue weighted by Gasteiger charge is 2.26. The number of hydrogen-bond donors (Lipinski definition) is 0. The second kappa shape index (κ2) is 8.06. The smallest absolute Gasteiger partial charge is 0.341 e. The number of benzene rings is 2. The Labute approximate surface area is 144 Å². The Bertz CT molecular complexity index is 815. The first-order valence-corrected chi connectivity index (χ1v) is 8.84. The zero-order chi connectivity index (χ0) is 18.4. The fourth-order valence-corrected chi connectivity index (χ4v) is 2.62. The van der Waals surface area contributed by atoms with Crippen molar-refractivity contribution < 1.29 is 31.5 Å². The van der Waals surface area contributed by atoms with E-state index in [2.05, 4.69) is 0 Å². The SMILES string of the molecule is Cc1ccc(OCCOC(=O)c2ccc(S(=O)(=O)C(F)F)cc2)cc1. The van der Waals surface area contributed by atoms with E-state index >= 15 is 0 Å². The molecule has 2 rings (SSSR count). The maximum Gasteiger partial charge on any atom is 0.341 e. The van der Waals surface area contributed by atoms with Crippen molar-refractivity contribution in [1.82, 2.24) is 0 Å². The highest BCUT2D eigenvalue weighted by Crippen LogP contribution is 2.19. The molecule has 0 aliphatic heterocycles. The van der Waals surface area contributed by atoms with Crippen LogP contribution in [0.15, 0.2) is 53.4 Å². The summed E-state index contributed by atoms with van der Waals surface area (Å²) in [6.07, 6.45) is 0. The van der Waals surface area contributed by atoms with Crippen LogP contribution in [0.1, 0.15) is 15.9 Å². The Balaban J connectivity index is 1.85. The van der Waals surface area contributed by atoms with E-state index in [0.717, 1.165) is 29.8 Å². The van der Waals surface area contributed by atoms with E-state index in [1.807, 2.05) is 19.1 Å². The lowest BCUT2D eigenvalue weighted by Gasteiger charge is -2.08. The first kappa shape index (κ1) is 18.9. The Kier molecular flexibility index (Phi) is 6.08. The first-order chi connectivity index (χ1) is 11.8. The molecule has 0 saturated heterocycles. The van der Waals surface area contributed by atoms with Crippen LogP contribution in [0.3, 0.4) is 0 Å². The monoisotopic (exact) mass is 370 g/mol. The van der Waals surface area contributed by atoms with E-state index in [1.54, 1.807) is 12.1 Å². The van der Waals surface area contributed by atoms with Gasteiger partial charge in [0.1, 0.15) is 19.0 Å². The minimum atomic E-state index is -4.68. The minimum Gasteiger partial charge on any atom is -0.490 e. The van der Waals surface area contributed by atoms with Gasteiger partial charge in [-0.25, -0.2) is 13.2 Å². The fraction of sp³-hybridized carbons (Fsp3) is 0.235. The maximum absolute atomic E-state index is 12.4. The molecule has 0 bridgehead atoms. The van der Waals surface area contributed by atoms with Crippen molar-refractivity contribution in [2.45, 2.75) is 17.6 Å². The van der Waals surface area contributed by atoms with Crippen molar-refractivity contribution in [2.75, 3.05) is 13.2 Å². The molecule has 5 nitrogen and oxygen atoms in total. The van der Waals surface area contributed by atoms with Gasteiger partial charge in [-0.05, 0) is 43.3 Å². The second-order valence-corrected chi connectivity index (χ2v) is 7.05. The van der Waals surface area contributed by atoms with Crippen molar-refractivity contribution >= 4 is 15.8 Å². The molecular weight excluding hydrogens is 354 g/mol. The van der Waals surface area contributed by atoms with E-state index < -0.39 is 26.5 Å². The summed E-state index contributed by atoms with van der Waals surface area (Å²) in [5, 5.41) is 0. The summed E-state index contributed by atoms with van der Waals surface area (Å²) in [7, 11) is -4.68. The number of alkyl halides is 2. The van der Waals surface area contributed by atoms with Crippen LogP contribution in [-0.4, -0.2) is 33.4 Å². The number of halogens is 2. The van der Waals surface area contributed by atoms with Gasteiger partial charge in [0, 0.05) is 0 Å². The number of aryl methyl sites for hydroxylation is 1. The zero-order valence-corrected chi connectivity index (χ0v) is 14.1. The first-order valence-electron chi connectivity index (χ1n) is 7.29. The summed E-state index contributed by atoms with van der Waals surface area (Å²) in [4.78, 5) is 11.3. The molecule has 0 atom stereocenters. The summed E-state index contributed by atoms with van der Waals surface area (Å²) in [6, 6.07) is 11.5. The number of rotatable bonds is 7. The molecule has 0 fully saturated rings. The standard InChI is InChI=1S/C17H16F2O5S/c1-12-2-6-14(7-3-12)23-10-11-24-16(20)13-4-8-15(9-5-13)25(21,22)17(18)19/h2-9,17H,10-11H2,1H3. The predicted molar refractivity (Wildman–Crippen MR) is 86.6 cm³/mol. The lowest BCUT2D eigenvalue weighted by Crippen LogP contribution is -2.14. The average Bonchev–Trinajstić information content (AvgIpc) is 2.60. The van der Waals surface area contributed by atoms with Crippen molar-refractivity contribution in [3.63, 3.8) is 0 Å². The van der Waals surface area contributed by atoms with Gasteiger partial charge in [-0.3, -0.25) is 0 Å². The third kappa shape index (κ3) is 4.99. The molecule has 2 aromatic rings. The summed E-state index contributed by atoms with van der Waals surface area (Å²) >= 11 is 0. The van der Waals surface area contributed by atoms with Gasteiger partial charge in [-0.1, -0.05) is 17.7 Å². The zero-order valence-electron chi connectivity index (χ0n) is 13.3. The van der Waals surface area contributed by atoms with Crippen LogP contribution in [0, 0.1) is 6.92 Å². The second-order valence-electron chi connectivity index (χ2n) is 5.13. The fourth-order valence-electron chi connectivity index (χ4n) is 1.90. The highest BCUT2D eigenvalue weighted by molar-refractivity contribution is 7.91. The molecule has 0 saturated carbocycles. The van der Waals surface area contributed by atoms with Gasteiger partial charge in [-0.15, -0.1) is 0 Å². The number of ether oxygens (including phenoxy) is 2. The van der Waals surface area contributed by atoms with E-state index in [0.29, 0.717) is 5.75 Å². The summed E-state index contributed by atoms with van der Waals surface area (Å²) in [5.41, 5.74) is 1.15. The van der Waals surface area contributed by atoms with E-state index in [4.69, 9.17) is 9.47 Å². The van der Waals surface area contributed by atoms with Gasteiger partial charge >= 0.3 is 11.7 Å².